The van der Waals surface area contributed by atoms with Crippen LogP contribution in [0.2, 0.25) is 0 Å². The van der Waals surface area contributed by atoms with Crippen molar-refractivity contribution in [3.05, 3.63) is 5.82 Å². The lowest BCUT2D eigenvalue weighted by Gasteiger charge is -2.14. The Bertz CT molecular complexity index is 325. The highest BCUT2D eigenvalue weighted by Crippen LogP contribution is 1.96. The Morgan fingerprint density at radius 2 is 2.47 bits per heavy atom. The standard InChI is InChI=1S/C8H15N5O2/c1-3-5(4-15-2)10-7(14)6-11-8(9)13-12-6/h5H,3-4H2,1-2H3,(H,10,14)(H3,9,11,12,13). The zero-order valence-corrected chi connectivity index (χ0v) is 8.78. The topological polar surface area (TPSA) is 106 Å². The van der Waals surface area contributed by atoms with Crippen molar-refractivity contribution < 1.29 is 9.53 Å². The van der Waals surface area contributed by atoms with Crippen LogP contribution in [0.5, 0.6) is 0 Å². The Morgan fingerprint density at radius 3 is 2.93 bits per heavy atom. The molecule has 0 aliphatic rings. The second-order valence-corrected chi connectivity index (χ2v) is 3.08. The molecule has 1 aromatic rings. The maximum absolute atomic E-state index is 11.5. The molecule has 0 bridgehead atoms. The minimum absolute atomic E-state index is 0.0335. The Balaban J connectivity index is 2.54. The van der Waals surface area contributed by atoms with E-state index in [0.29, 0.717) is 6.61 Å². The van der Waals surface area contributed by atoms with E-state index in [0.717, 1.165) is 6.42 Å². The van der Waals surface area contributed by atoms with Gasteiger partial charge in [-0.25, -0.2) is 0 Å². The number of carbonyl (C=O) groups excluding carboxylic acids is 1. The van der Waals surface area contributed by atoms with E-state index in [1.807, 2.05) is 6.92 Å². The molecule has 15 heavy (non-hydrogen) atoms. The number of aromatic nitrogens is 3. The molecule has 0 saturated heterocycles. The van der Waals surface area contributed by atoms with Crippen molar-refractivity contribution in [1.29, 1.82) is 0 Å². The number of carbonyl (C=O) groups is 1. The first-order chi connectivity index (χ1) is 7.17. The lowest BCUT2D eigenvalue weighted by molar-refractivity contribution is 0.0884. The van der Waals surface area contributed by atoms with Crippen LogP contribution in [0.3, 0.4) is 0 Å². The molecule has 4 N–H and O–H groups in total. The van der Waals surface area contributed by atoms with Gasteiger partial charge in [0.1, 0.15) is 0 Å². The molecule has 7 heteroatoms. The van der Waals surface area contributed by atoms with Gasteiger partial charge >= 0.3 is 0 Å². The number of amides is 1. The van der Waals surface area contributed by atoms with Crippen LogP contribution in [-0.2, 0) is 4.74 Å². The number of anilines is 1. The monoisotopic (exact) mass is 213 g/mol. The fourth-order valence-electron chi connectivity index (χ4n) is 1.09. The van der Waals surface area contributed by atoms with Gasteiger partial charge in [-0.2, -0.15) is 4.98 Å². The van der Waals surface area contributed by atoms with Crippen LogP contribution < -0.4 is 11.1 Å². The highest BCUT2D eigenvalue weighted by atomic mass is 16.5. The van der Waals surface area contributed by atoms with Crippen LogP contribution in [0.15, 0.2) is 0 Å². The van der Waals surface area contributed by atoms with Gasteiger partial charge in [0.25, 0.3) is 5.91 Å². The Hall–Kier alpha value is -1.63. The Labute approximate surface area is 87.4 Å². The van der Waals surface area contributed by atoms with Crippen LogP contribution in [0.4, 0.5) is 5.95 Å². The van der Waals surface area contributed by atoms with Crippen molar-refractivity contribution in [2.75, 3.05) is 19.5 Å². The Morgan fingerprint density at radius 1 is 1.73 bits per heavy atom. The van der Waals surface area contributed by atoms with Crippen LogP contribution in [0.25, 0.3) is 0 Å². The molecular formula is C8H15N5O2. The average molecular weight is 213 g/mol. The maximum atomic E-state index is 11.5. The van der Waals surface area contributed by atoms with Crippen molar-refractivity contribution in [2.45, 2.75) is 19.4 Å². The van der Waals surface area contributed by atoms with Gasteiger partial charge in [0.2, 0.25) is 11.8 Å². The number of nitrogens with two attached hydrogens (primary N) is 1. The predicted octanol–water partition coefficient (Wildman–Crippen LogP) is -0.458. The molecule has 0 radical (unpaired) electrons. The first kappa shape index (κ1) is 11.4. The van der Waals surface area contributed by atoms with E-state index in [1.165, 1.54) is 0 Å². The number of aromatic amines is 1. The lowest BCUT2D eigenvalue weighted by atomic mass is 10.2. The summed E-state index contributed by atoms with van der Waals surface area (Å²) in [5.74, 6) is -0.162. The highest BCUT2D eigenvalue weighted by Gasteiger charge is 2.14. The van der Waals surface area contributed by atoms with E-state index in [1.54, 1.807) is 7.11 Å². The number of methoxy groups -OCH3 is 1. The Kier molecular flexibility index (Phi) is 4.04. The summed E-state index contributed by atoms with van der Waals surface area (Å²) in [6, 6.07) is -0.0335. The van der Waals surface area contributed by atoms with E-state index < -0.39 is 0 Å². The number of H-pyrrole nitrogens is 1. The van der Waals surface area contributed by atoms with Gasteiger partial charge in [0.05, 0.1) is 12.6 Å². The number of nitrogens with zero attached hydrogens (tertiary/aromatic N) is 2. The summed E-state index contributed by atoms with van der Waals surface area (Å²) in [5.41, 5.74) is 5.28. The summed E-state index contributed by atoms with van der Waals surface area (Å²) in [5, 5.41) is 8.75. The summed E-state index contributed by atoms with van der Waals surface area (Å²) >= 11 is 0. The first-order valence-corrected chi connectivity index (χ1v) is 4.65. The second-order valence-electron chi connectivity index (χ2n) is 3.08. The summed E-state index contributed by atoms with van der Waals surface area (Å²) in [7, 11) is 1.58. The van der Waals surface area contributed by atoms with Gasteiger partial charge in [-0.1, -0.05) is 6.92 Å². The van der Waals surface area contributed by atoms with E-state index in [9.17, 15) is 4.79 Å². The average Bonchev–Trinajstić information content (AvgIpc) is 2.64. The number of hydrogen-bond acceptors (Lipinski definition) is 5. The summed E-state index contributed by atoms with van der Waals surface area (Å²) in [6.07, 6.45) is 0.781. The maximum Gasteiger partial charge on any atom is 0.288 e. The molecule has 1 rings (SSSR count). The first-order valence-electron chi connectivity index (χ1n) is 4.65. The summed E-state index contributed by atoms with van der Waals surface area (Å²) in [4.78, 5) is 15.3. The normalized spacial score (nSPS) is 12.4. The van der Waals surface area contributed by atoms with Gasteiger partial charge in [0.15, 0.2) is 0 Å². The van der Waals surface area contributed by atoms with E-state index >= 15 is 0 Å². The van der Waals surface area contributed by atoms with Crippen LogP contribution in [-0.4, -0.2) is 40.8 Å². The quantitative estimate of drug-likeness (QED) is 0.613. The van der Waals surface area contributed by atoms with Crippen molar-refractivity contribution in [3.63, 3.8) is 0 Å². The second kappa shape index (κ2) is 5.30. The molecule has 1 unspecified atom stereocenters. The number of rotatable bonds is 5. The number of ether oxygens (including phenoxy) is 1. The molecule has 1 heterocycles. The van der Waals surface area contributed by atoms with Crippen molar-refractivity contribution in [3.8, 4) is 0 Å². The van der Waals surface area contributed by atoms with E-state index in [2.05, 4.69) is 20.5 Å². The minimum Gasteiger partial charge on any atom is -0.383 e. The van der Waals surface area contributed by atoms with Crippen molar-refractivity contribution in [2.24, 2.45) is 0 Å². The molecule has 0 fully saturated rings. The summed E-state index contributed by atoms with van der Waals surface area (Å²) < 4.78 is 4.95. The molecular weight excluding hydrogens is 198 g/mol. The zero-order chi connectivity index (χ0) is 11.3. The van der Waals surface area contributed by atoms with Gasteiger partial charge in [-0.3, -0.25) is 9.89 Å². The van der Waals surface area contributed by atoms with Gasteiger partial charge in [-0.05, 0) is 6.42 Å². The third kappa shape index (κ3) is 3.21. The van der Waals surface area contributed by atoms with Gasteiger partial charge < -0.3 is 15.8 Å². The predicted molar refractivity (Wildman–Crippen MR) is 54.2 cm³/mol. The third-order valence-corrected chi connectivity index (χ3v) is 1.91. The van der Waals surface area contributed by atoms with Crippen molar-refractivity contribution >= 4 is 11.9 Å². The molecule has 0 aliphatic heterocycles. The lowest BCUT2D eigenvalue weighted by Crippen LogP contribution is -2.38. The highest BCUT2D eigenvalue weighted by molar-refractivity contribution is 5.90. The third-order valence-electron chi connectivity index (χ3n) is 1.91. The molecule has 0 saturated carbocycles. The fraction of sp³-hybridized carbons (Fsp3) is 0.625. The molecule has 1 amide bonds. The largest absolute Gasteiger partial charge is 0.383 e. The van der Waals surface area contributed by atoms with Gasteiger partial charge in [0, 0.05) is 7.11 Å². The van der Waals surface area contributed by atoms with Crippen LogP contribution in [0, 0.1) is 0 Å². The van der Waals surface area contributed by atoms with Gasteiger partial charge in [-0.15, -0.1) is 5.10 Å². The number of nitrogens with one attached hydrogen (secondary N) is 2. The van der Waals surface area contributed by atoms with Crippen molar-refractivity contribution in [1.82, 2.24) is 20.5 Å². The smallest absolute Gasteiger partial charge is 0.288 e. The molecule has 7 nitrogen and oxygen atoms in total. The van der Waals surface area contributed by atoms with Crippen LogP contribution in [0.1, 0.15) is 24.0 Å². The zero-order valence-electron chi connectivity index (χ0n) is 8.78. The minimum atomic E-state index is -0.330. The molecule has 1 aromatic heterocycles. The molecule has 84 valence electrons. The fourth-order valence-corrected chi connectivity index (χ4v) is 1.09. The molecule has 0 aromatic carbocycles. The molecule has 0 aliphatic carbocycles. The van der Waals surface area contributed by atoms with E-state index in [-0.39, 0.29) is 23.7 Å². The molecule has 0 spiro atoms. The summed E-state index contributed by atoms with van der Waals surface area (Å²) in [6.45, 7) is 2.42. The SMILES string of the molecule is CCC(COC)NC(=O)c1nc(N)n[nH]1. The molecule has 1 atom stereocenters. The van der Waals surface area contributed by atoms with Crippen LogP contribution >= 0.6 is 0 Å². The number of hydrogen-bond donors (Lipinski definition) is 3. The van der Waals surface area contributed by atoms with E-state index in [4.69, 9.17) is 10.5 Å². The number of nitrogen functional groups attached to an aromatic ring is 1.